The molecule has 6 nitrogen and oxygen atoms in total. The van der Waals surface area contributed by atoms with Crippen molar-refractivity contribution in [3.63, 3.8) is 0 Å². The Hall–Kier alpha value is -2.60. The monoisotopic (exact) mass is 299 g/mol. The van der Waals surface area contributed by atoms with Crippen molar-refractivity contribution < 1.29 is 14.0 Å². The summed E-state index contributed by atoms with van der Waals surface area (Å²) in [5.41, 5.74) is 1.38. The van der Waals surface area contributed by atoms with Crippen molar-refractivity contribution in [2.75, 3.05) is 23.3 Å². The number of hydrogen-bond donors (Lipinski definition) is 2. The molecule has 114 valence electrons. The number of nitrogens with one attached hydrogen (secondary N) is 2. The minimum absolute atomic E-state index is 0.0344. The minimum Gasteiger partial charge on any atom is -0.468 e. The molecule has 0 bridgehead atoms. The third kappa shape index (κ3) is 2.87. The highest BCUT2D eigenvalue weighted by Gasteiger charge is 2.26. The first-order valence-corrected chi connectivity index (χ1v) is 7.11. The zero-order chi connectivity index (χ0) is 15.5. The maximum Gasteiger partial charge on any atom is 0.244 e. The van der Waals surface area contributed by atoms with Gasteiger partial charge in [-0.3, -0.25) is 19.8 Å². The fraction of sp³-hybridized carbons (Fsp3) is 0.250. The maximum absolute atomic E-state index is 12.4. The van der Waals surface area contributed by atoms with Crippen molar-refractivity contribution in [1.82, 2.24) is 5.32 Å². The van der Waals surface area contributed by atoms with Crippen LogP contribution in [0.4, 0.5) is 11.4 Å². The Morgan fingerprint density at radius 1 is 1.36 bits per heavy atom. The van der Waals surface area contributed by atoms with Gasteiger partial charge in [-0.05, 0) is 31.2 Å². The van der Waals surface area contributed by atoms with Gasteiger partial charge in [-0.1, -0.05) is 12.1 Å². The Morgan fingerprint density at radius 3 is 2.95 bits per heavy atom. The molecule has 0 aliphatic carbocycles. The molecule has 22 heavy (non-hydrogen) atoms. The number of benzene rings is 1. The second-order valence-electron chi connectivity index (χ2n) is 5.16. The van der Waals surface area contributed by atoms with Crippen LogP contribution < -0.4 is 15.5 Å². The molecule has 2 N–H and O–H groups in total. The number of para-hydroxylation sites is 2. The van der Waals surface area contributed by atoms with Crippen LogP contribution in [0.1, 0.15) is 18.7 Å². The molecule has 2 amide bonds. The zero-order valence-electron chi connectivity index (χ0n) is 12.2. The molecule has 0 fully saturated rings. The summed E-state index contributed by atoms with van der Waals surface area (Å²) in [7, 11) is 0. The summed E-state index contributed by atoms with van der Waals surface area (Å²) < 4.78 is 5.29. The molecule has 0 saturated heterocycles. The van der Waals surface area contributed by atoms with Crippen LogP contribution >= 0.6 is 0 Å². The van der Waals surface area contributed by atoms with Gasteiger partial charge in [0, 0.05) is 0 Å². The van der Waals surface area contributed by atoms with Crippen molar-refractivity contribution in [3.05, 3.63) is 48.4 Å². The van der Waals surface area contributed by atoms with Gasteiger partial charge in [-0.15, -0.1) is 0 Å². The molecule has 6 heteroatoms. The third-order valence-electron chi connectivity index (χ3n) is 3.60. The Bertz CT molecular complexity index is 682. The summed E-state index contributed by atoms with van der Waals surface area (Å²) in [4.78, 5) is 25.7. The topological polar surface area (TPSA) is 74.6 Å². The first-order valence-electron chi connectivity index (χ1n) is 7.11. The normalized spacial score (nSPS) is 15.1. The molecule has 3 rings (SSSR count). The number of furan rings is 1. The Kier molecular flexibility index (Phi) is 3.93. The van der Waals surface area contributed by atoms with E-state index in [1.165, 1.54) is 4.90 Å². The van der Waals surface area contributed by atoms with Gasteiger partial charge in [0.05, 0.1) is 30.2 Å². The minimum atomic E-state index is -0.189. The molecular weight excluding hydrogens is 282 g/mol. The van der Waals surface area contributed by atoms with Crippen molar-refractivity contribution in [1.29, 1.82) is 0 Å². The highest BCUT2D eigenvalue weighted by molar-refractivity contribution is 6.10. The lowest BCUT2D eigenvalue weighted by molar-refractivity contribution is -0.121. The van der Waals surface area contributed by atoms with Gasteiger partial charge in [-0.25, -0.2) is 0 Å². The predicted molar refractivity (Wildman–Crippen MR) is 82.6 cm³/mol. The van der Waals surface area contributed by atoms with Gasteiger partial charge in [-0.2, -0.15) is 0 Å². The van der Waals surface area contributed by atoms with Gasteiger partial charge < -0.3 is 9.73 Å². The van der Waals surface area contributed by atoms with E-state index < -0.39 is 0 Å². The van der Waals surface area contributed by atoms with E-state index in [2.05, 4.69) is 10.6 Å². The molecule has 1 aliphatic heterocycles. The number of fused-ring (bicyclic) bond motifs is 1. The van der Waals surface area contributed by atoms with E-state index in [9.17, 15) is 9.59 Å². The van der Waals surface area contributed by atoms with Gasteiger partial charge in [0.15, 0.2) is 0 Å². The van der Waals surface area contributed by atoms with Gasteiger partial charge in [0.25, 0.3) is 0 Å². The van der Waals surface area contributed by atoms with Crippen LogP contribution in [-0.2, 0) is 9.59 Å². The SMILES string of the molecule is C[C@@H](NCC(=O)N1CC(=O)Nc2ccccc21)c1ccco1. The summed E-state index contributed by atoms with van der Waals surface area (Å²) in [5, 5.41) is 5.87. The number of hydrogen-bond acceptors (Lipinski definition) is 4. The second kappa shape index (κ2) is 6.03. The molecule has 1 aromatic carbocycles. The fourth-order valence-electron chi connectivity index (χ4n) is 2.43. The van der Waals surface area contributed by atoms with Gasteiger partial charge >= 0.3 is 0 Å². The molecule has 0 unspecified atom stereocenters. The number of rotatable bonds is 4. The Morgan fingerprint density at radius 2 is 2.18 bits per heavy atom. The molecule has 1 aromatic heterocycles. The predicted octanol–water partition coefficient (Wildman–Crippen LogP) is 1.92. The Labute approximate surface area is 128 Å². The number of anilines is 2. The lowest BCUT2D eigenvalue weighted by atomic mass is 10.2. The highest BCUT2D eigenvalue weighted by Crippen LogP contribution is 2.28. The van der Waals surface area contributed by atoms with Crippen LogP contribution in [0.25, 0.3) is 0 Å². The van der Waals surface area contributed by atoms with Crippen LogP contribution in [0, 0.1) is 0 Å². The quantitative estimate of drug-likeness (QED) is 0.904. The van der Waals surface area contributed by atoms with Gasteiger partial charge in [0.1, 0.15) is 12.3 Å². The van der Waals surface area contributed by atoms with E-state index in [1.54, 1.807) is 18.4 Å². The van der Waals surface area contributed by atoms with Crippen molar-refractivity contribution in [2.24, 2.45) is 0 Å². The lowest BCUT2D eigenvalue weighted by Gasteiger charge is -2.29. The first kappa shape index (κ1) is 14.3. The first-order chi connectivity index (χ1) is 10.6. The summed E-state index contributed by atoms with van der Waals surface area (Å²) in [5.74, 6) is 0.427. The smallest absolute Gasteiger partial charge is 0.244 e. The number of carbonyl (C=O) groups excluding carboxylic acids is 2. The summed E-state index contributed by atoms with van der Waals surface area (Å²) >= 11 is 0. The van der Waals surface area contributed by atoms with E-state index in [4.69, 9.17) is 4.42 Å². The summed E-state index contributed by atoms with van der Waals surface area (Å²) in [6, 6.07) is 10.9. The van der Waals surface area contributed by atoms with Crippen LogP contribution in [0.15, 0.2) is 47.1 Å². The molecule has 1 atom stereocenters. The van der Waals surface area contributed by atoms with E-state index in [0.29, 0.717) is 5.69 Å². The van der Waals surface area contributed by atoms with Crippen molar-refractivity contribution in [3.8, 4) is 0 Å². The molecule has 0 radical (unpaired) electrons. The molecule has 2 heterocycles. The van der Waals surface area contributed by atoms with E-state index in [1.807, 2.05) is 31.2 Å². The largest absolute Gasteiger partial charge is 0.468 e. The molecule has 0 saturated carbocycles. The molecular formula is C16H17N3O3. The maximum atomic E-state index is 12.4. The average Bonchev–Trinajstić information content (AvgIpc) is 3.06. The number of carbonyl (C=O) groups is 2. The summed E-state index contributed by atoms with van der Waals surface area (Å²) in [6.45, 7) is 2.08. The van der Waals surface area contributed by atoms with Crippen LogP contribution in [0.2, 0.25) is 0 Å². The summed E-state index contributed by atoms with van der Waals surface area (Å²) in [6.07, 6.45) is 1.60. The molecule has 2 aromatic rings. The molecule has 1 aliphatic rings. The van der Waals surface area contributed by atoms with E-state index >= 15 is 0 Å². The van der Waals surface area contributed by atoms with Crippen LogP contribution in [0.5, 0.6) is 0 Å². The second-order valence-corrected chi connectivity index (χ2v) is 5.16. The van der Waals surface area contributed by atoms with E-state index in [-0.39, 0.29) is 30.9 Å². The van der Waals surface area contributed by atoms with Crippen molar-refractivity contribution in [2.45, 2.75) is 13.0 Å². The van der Waals surface area contributed by atoms with Crippen molar-refractivity contribution >= 4 is 23.2 Å². The lowest BCUT2D eigenvalue weighted by Crippen LogP contribution is -2.46. The third-order valence-corrected chi connectivity index (χ3v) is 3.60. The van der Waals surface area contributed by atoms with Crippen LogP contribution in [0.3, 0.4) is 0 Å². The fourth-order valence-corrected chi connectivity index (χ4v) is 2.43. The number of amides is 2. The highest BCUT2D eigenvalue weighted by atomic mass is 16.3. The van der Waals surface area contributed by atoms with Crippen LogP contribution in [-0.4, -0.2) is 24.9 Å². The Balaban J connectivity index is 1.69. The average molecular weight is 299 g/mol. The van der Waals surface area contributed by atoms with E-state index in [0.717, 1.165) is 11.4 Å². The van der Waals surface area contributed by atoms with Gasteiger partial charge in [0.2, 0.25) is 11.8 Å². The molecule has 0 spiro atoms. The zero-order valence-corrected chi connectivity index (χ0v) is 12.2. The number of nitrogens with zero attached hydrogens (tertiary/aromatic N) is 1. The standard InChI is InChI=1S/C16H17N3O3/c1-11(14-7-4-8-22-14)17-9-16(21)19-10-15(20)18-12-5-2-3-6-13(12)19/h2-8,11,17H,9-10H2,1H3,(H,18,20)/t11-/m1/s1.